The van der Waals surface area contributed by atoms with Crippen LogP contribution >= 0.6 is 11.6 Å². The summed E-state index contributed by atoms with van der Waals surface area (Å²) in [5, 5.41) is 4.19. The first kappa shape index (κ1) is 14.0. The van der Waals surface area contributed by atoms with Gasteiger partial charge in [0.1, 0.15) is 0 Å². The molecule has 0 N–H and O–H groups in total. The van der Waals surface area contributed by atoms with E-state index in [1.165, 1.54) is 0 Å². The summed E-state index contributed by atoms with van der Waals surface area (Å²) in [6.07, 6.45) is 3.84. The zero-order chi connectivity index (χ0) is 12.8. The molecule has 5 heteroatoms. The quantitative estimate of drug-likeness (QED) is 0.733. The first-order valence-electron chi connectivity index (χ1n) is 5.95. The highest BCUT2D eigenvalue weighted by molar-refractivity contribution is 6.18. The Morgan fingerprint density at radius 3 is 2.71 bits per heavy atom. The van der Waals surface area contributed by atoms with Crippen LogP contribution in [-0.2, 0) is 7.05 Å². The van der Waals surface area contributed by atoms with E-state index in [-0.39, 0.29) is 5.91 Å². The number of halogens is 1. The van der Waals surface area contributed by atoms with E-state index in [1.807, 2.05) is 14.0 Å². The van der Waals surface area contributed by atoms with Crippen LogP contribution in [0.3, 0.4) is 0 Å². The highest BCUT2D eigenvalue weighted by Crippen LogP contribution is 2.10. The van der Waals surface area contributed by atoms with Crippen molar-refractivity contribution in [2.24, 2.45) is 7.05 Å². The van der Waals surface area contributed by atoms with Gasteiger partial charge in [0.2, 0.25) is 0 Å². The SMILES string of the molecule is CCCCN(CCCl)C(=O)c1cn(C)nc1C. The van der Waals surface area contributed by atoms with Crippen LogP contribution in [0.25, 0.3) is 0 Å². The molecule has 1 amide bonds. The van der Waals surface area contributed by atoms with Crippen molar-refractivity contribution in [2.75, 3.05) is 19.0 Å². The van der Waals surface area contributed by atoms with Crippen molar-refractivity contribution in [3.63, 3.8) is 0 Å². The minimum absolute atomic E-state index is 0.0321. The maximum absolute atomic E-state index is 12.3. The molecule has 0 saturated carbocycles. The van der Waals surface area contributed by atoms with Gasteiger partial charge in [0.25, 0.3) is 5.91 Å². The lowest BCUT2D eigenvalue weighted by atomic mass is 10.2. The van der Waals surface area contributed by atoms with Crippen molar-refractivity contribution < 1.29 is 4.79 Å². The van der Waals surface area contributed by atoms with E-state index in [9.17, 15) is 4.79 Å². The monoisotopic (exact) mass is 257 g/mol. The zero-order valence-corrected chi connectivity index (χ0v) is 11.5. The minimum Gasteiger partial charge on any atom is -0.337 e. The van der Waals surface area contributed by atoms with Crippen LogP contribution in [0.2, 0.25) is 0 Å². The standard InChI is InChI=1S/C12H20ClN3O/c1-4-5-7-16(8-6-13)12(17)11-9-15(3)14-10(11)2/h9H,4-8H2,1-3H3. The third-order valence-electron chi connectivity index (χ3n) is 2.67. The average Bonchev–Trinajstić information content (AvgIpc) is 2.63. The summed E-state index contributed by atoms with van der Waals surface area (Å²) in [4.78, 5) is 14.1. The van der Waals surface area contributed by atoms with E-state index in [0.29, 0.717) is 18.0 Å². The Morgan fingerprint density at radius 1 is 1.53 bits per heavy atom. The van der Waals surface area contributed by atoms with Gasteiger partial charge in [-0.05, 0) is 13.3 Å². The molecule has 17 heavy (non-hydrogen) atoms. The number of aryl methyl sites for hydroxylation is 2. The van der Waals surface area contributed by atoms with Crippen LogP contribution in [0, 0.1) is 6.92 Å². The molecule has 0 aliphatic heterocycles. The number of carbonyl (C=O) groups is 1. The van der Waals surface area contributed by atoms with Gasteiger partial charge in [-0.2, -0.15) is 5.10 Å². The number of hydrogen-bond donors (Lipinski definition) is 0. The summed E-state index contributed by atoms with van der Waals surface area (Å²) in [6, 6.07) is 0. The molecule has 0 fully saturated rings. The minimum atomic E-state index is 0.0321. The maximum Gasteiger partial charge on any atom is 0.257 e. The van der Waals surface area contributed by atoms with E-state index in [1.54, 1.807) is 15.8 Å². The van der Waals surface area contributed by atoms with E-state index in [4.69, 9.17) is 11.6 Å². The van der Waals surface area contributed by atoms with Gasteiger partial charge in [0.15, 0.2) is 0 Å². The zero-order valence-electron chi connectivity index (χ0n) is 10.7. The van der Waals surface area contributed by atoms with Crippen LogP contribution in [0.5, 0.6) is 0 Å². The van der Waals surface area contributed by atoms with Gasteiger partial charge in [0.05, 0.1) is 11.3 Å². The molecule has 0 radical (unpaired) electrons. The second-order valence-electron chi connectivity index (χ2n) is 4.14. The molecule has 4 nitrogen and oxygen atoms in total. The van der Waals surface area contributed by atoms with E-state index < -0.39 is 0 Å². The molecule has 0 spiro atoms. The molecule has 0 aliphatic rings. The van der Waals surface area contributed by atoms with Crippen LogP contribution in [0.15, 0.2) is 6.20 Å². The maximum atomic E-state index is 12.3. The van der Waals surface area contributed by atoms with Crippen molar-refractivity contribution in [1.82, 2.24) is 14.7 Å². The highest BCUT2D eigenvalue weighted by Gasteiger charge is 2.18. The normalized spacial score (nSPS) is 10.6. The van der Waals surface area contributed by atoms with Crippen LogP contribution in [-0.4, -0.2) is 39.6 Å². The van der Waals surface area contributed by atoms with Gasteiger partial charge >= 0.3 is 0 Å². The number of carbonyl (C=O) groups excluding carboxylic acids is 1. The first-order chi connectivity index (χ1) is 8.10. The largest absolute Gasteiger partial charge is 0.337 e. The van der Waals surface area contributed by atoms with Gasteiger partial charge in [0, 0.05) is 32.2 Å². The van der Waals surface area contributed by atoms with Crippen LogP contribution in [0.1, 0.15) is 35.8 Å². The number of alkyl halides is 1. The van der Waals surface area contributed by atoms with Crippen molar-refractivity contribution in [2.45, 2.75) is 26.7 Å². The summed E-state index contributed by atoms with van der Waals surface area (Å²) in [7, 11) is 1.82. The molecular formula is C12H20ClN3O. The van der Waals surface area contributed by atoms with Crippen LogP contribution in [0.4, 0.5) is 0 Å². The number of rotatable bonds is 6. The third kappa shape index (κ3) is 3.73. The summed E-state index contributed by atoms with van der Waals surface area (Å²) >= 11 is 5.74. The third-order valence-corrected chi connectivity index (χ3v) is 2.84. The molecule has 0 aliphatic carbocycles. The van der Waals surface area contributed by atoms with Crippen molar-refractivity contribution >= 4 is 17.5 Å². The molecule has 0 atom stereocenters. The predicted octanol–water partition coefficient (Wildman–Crippen LogP) is 2.21. The van der Waals surface area contributed by atoms with Gasteiger partial charge in [-0.15, -0.1) is 11.6 Å². The lowest BCUT2D eigenvalue weighted by Gasteiger charge is -2.21. The summed E-state index contributed by atoms with van der Waals surface area (Å²) in [6.45, 7) is 5.32. The van der Waals surface area contributed by atoms with Crippen molar-refractivity contribution in [1.29, 1.82) is 0 Å². The summed E-state index contributed by atoms with van der Waals surface area (Å²) in [5.41, 5.74) is 1.45. The predicted molar refractivity (Wildman–Crippen MR) is 69.5 cm³/mol. The number of aromatic nitrogens is 2. The Morgan fingerprint density at radius 2 is 2.24 bits per heavy atom. The second kappa shape index (κ2) is 6.64. The number of amides is 1. The number of hydrogen-bond acceptors (Lipinski definition) is 2. The first-order valence-corrected chi connectivity index (χ1v) is 6.49. The van der Waals surface area contributed by atoms with E-state index in [0.717, 1.165) is 25.1 Å². The Bertz CT molecular complexity index is 376. The fourth-order valence-corrected chi connectivity index (χ4v) is 1.95. The lowest BCUT2D eigenvalue weighted by Crippen LogP contribution is -2.33. The van der Waals surface area contributed by atoms with E-state index in [2.05, 4.69) is 12.0 Å². The Hall–Kier alpha value is -1.03. The smallest absolute Gasteiger partial charge is 0.257 e. The number of unbranched alkanes of at least 4 members (excludes halogenated alkanes) is 1. The lowest BCUT2D eigenvalue weighted by molar-refractivity contribution is 0.0762. The average molecular weight is 258 g/mol. The molecule has 0 bridgehead atoms. The van der Waals surface area contributed by atoms with Gasteiger partial charge in [-0.3, -0.25) is 9.48 Å². The molecular weight excluding hydrogens is 238 g/mol. The van der Waals surface area contributed by atoms with Crippen molar-refractivity contribution in [3.8, 4) is 0 Å². The molecule has 0 aromatic carbocycles. The summed E-state index contributed by atoms with van der Waals surface area (Å²) in [5.74, 6) is 0.499. The second-order valence-corrected chi connectivity index (χ2v) is 4.51. The fourth-order valence-electron chi connectivity index (χ4n) is 1.75. The molecule has 0 unspecified atom stereocenters. The number of nitrogens with zero attached hydrogens (tertiary/aromatic N) is 3. The fraction of sp³-hybridized carbons (Fsp3) is 0.667. The highest BCUT2D eigenvalue weighted by atomic mass is 35.5. The molecule has 1 rings (SSSR count). The van der Waals surface area contributed by atoms with Crippen LogP contribution < -0.4 is 0 Å². The summed E-state index contributed by atoms with van der Waals surface area (Å²) < 4.78 is 1.67. The molecule has 1 heterocycles. The molecule has 1 aromatic rings. The topological polar surface area (TPSA) is 38.1 Å². The Labute approximate surface area is 108 Å². The van der Waals surface area contributed by atoms with Gasteiger partial charge < -0.3 is 4.90 Å². The van der Waals surface area contributed by atoms with Gasteiger partial charge in [-0.1, -0.05) is 13.3 Å². The molecule has 96 valence electrons. The molecule has 0 saturated heterocycles. The van der Waals surface area contributed by atoms with E-state index >= 15 is 0 Å². The van der Waals surface area contributed by atoms with Gasteiger partial charge in [-0.25, -0.2) is 0 Å². The van der Waals surface area contributed by atoms with Crippen molar-refractivity contribution in [3.05, 3.63) is 17.5 Å². The molecule has 1 aromatic heterocycles. The Balaban J connectivity index is 2.79. The Kier molecular flexibility index (Phi) is 5.48.